The Morgan fingerprint density at radius 3 is 0.660 bits per heavy atom. The number of carbonyl (C=O) groups is 3. The van der Waals surface area contributed by atoms with E-state index in [-0.39, 0.29) is 95.4 Å². The predicted octanol–water partition coefficient (Wildman–Crippen LogP) is 24.9. The van der Waals surface area contributed by atoms with Gasteiger partial charge in [0.05, 0.1) is 0 Å². The molecule has 0 heterocycles. The van der Waals surface area contributed by atoms with Gasteiger partial charge in [-0.2, -0.15) is 0 Å². The fraction of sp³-hybridized carbons (Fsp3) is 0.753. The summed E-state index contributed by atoms with van der Waals surface area (Å²) in [7, 11) is 0. The average molecular weight is 1410 g/mol. The number of unbranched alkanes of at least 4 members (excludes halogenated alkanes) is 29. The predicted molar refractivity (Wildman–Crippen MR) is 424 cm³/mol. The van der Waals surface area contributed by atoms with Crippen LogP contribution in [-0.4, -0.2) is 64.7 Å². The van der Waals surface area contributed by atoms with Gasteiger partial charge in [-0.05, 0) is 120 Å². The molecule has 0 bridgehead atoms. The molecule has 0 aromatic heterocycles. The Morgan fingerprint density at radius 1 is 0.290 bits per heavy atom. The quantitative estimate of drug-likeness (QED) is 0.0215. The third kappa shape index (κ3) is 35.2. The molecule has 3 aromatic rings. The summed E-state index contributed by atoms with van der Waals surface area (Å²) in [6, 6.07) is 11.8. The molecule has 0 spiro atoms. The lowest BCUT2D eigenvalue weighted by molar-refractivity contribution is -0.164. The average Bonchev–Trinajstić information content (AvgIpc) is 0.799. The van der Waals surface area contributed by atoms with Gasteiger partial charge in [-0.3, -0.25) is 14.4 Å². The highest BCUT2D eigenvalue weighted by atomic mass is 32.1. The molecular formula is C89H148O10S. The van der Waals surface area contributed by atoms with Crippen LogP contribution < -0.4 is 0 Å². The number of ether oxygens (including phenoxy) is 4. The van der Waals surface area contributed by atoms with Gasteiger partial charge < -0.3 is 34.3 Å². The van der Waals surface area contributed by atoms with Crippen molar-refractivity contribution in [2.45, 2.75) is 402 Å². The maximum atomic E-state index is 14.1. The number of carbonyl (C=O) groups excluding carboxylic acids is 3. The number of benzene rings is 3. The second-order valence-corrected chi connectivity index (χ2v) is 36.7. The van der Waals surface area contributed by atoms with Gasteiger partial charge in [0.2, 0.25) is 0 Å². The molecule has 0 saturated heterocycles. The standard InChI is InChI=1S/C89H148O10S/c1-20-21-22-23-24-25-26-27-28-29-30-31-32-33-34-35-36-37-38-39-40-41-42-43-44-45-46-47-48-49-50-79(100)99-66-89(63-96-76(90)54-51-67-57-70(83(2,3)4)80(93)71(58-67)84(5,6)7,64-97-77(91)55-52-68-59-72(85(8,9)10)81(94)73(60-68)86(11,12)13)65-98-78(92)56-53-69-61-74(87(14,15)16)82(95)75(62-69)88(17,18)19/h57-62,93-95H,20-56,63-66H2,1-19H3. The molecule has 3 N–H and O–H groups in total. The zero-order valence-corrected chi connectivity index (χ0v) is 68.4. The van der Waals surface area contributed by atoms with Gasteiger partial charge in [-0.25, -0.2) is 0 Å². The van der Waals surface area contributed by atoms with Crippen LogP contribution in [0.2, 0.25) is 0 Å². The summed E-state index contributed by atoms with van der Waals surface area (Å²) in [6.45, 7) is 38.3. The Morgan fingerprint density at radius 2 is 0.470 bits per heavy atom. The molecule has 10 nitrogen and oxygen atoms in total. The van der Waals surface area contributed by atoms with E-state index in [1.54, 1.807) is 0 Å². The Hall–Kier alpha value is -4.64. The SMILES string of the molecule is CCCCCCCCCCCCCCCCCCCCCCCCCCCCCCCCC(=S)OCC(COC(=O)CCc1cc(C(C)(C)C)c(O)c(C(C)(C)C)c1)(COC(=O)CCc1cc(C(C)(C)C)c(O)c(C(C)(C)C)c1)COC(=O)CCc1cc(C(C)(C)C)c(O)c(C(C)(C)C)c1. The number of hydrogen-bond donors (Lipinski definition) is 3. The number of esters is 3. The van der Waals surface area contributed by atoms with Gasteiger partial charge in [0.1, 0.15) is 49.1 Å². The minimum absolute atomic E-state index is 0.0199. The smallest absolute Gasteiger partial charge is 0.306 e. The first-order valence-corrected chi connectivity index (χ1v) is 40.4. The van der Waals surface area contributed by atoms with E-state index < -0.39 is 23.3 Å². The van der Waals surface area contributed by atoms with Crippen molar-refractivity contribution < 1.29 is 48.7 Å². The molecule has 100 heavy (non-hydrogen) atoms. The summed E-state index contributed by atoms with van der Waals surface area (Å²) in [4.78, 5) is 42.4. The first-order valence-electron chi connectivity index (χ1n) is 40.0. The van der Waals surface area contributed by atoms with Gasteiger partial charge in [0, 0.05) is 25.7 Å². The van der Waals surface area contributed by atoms with E-state index in [1.165, 1.54) is 173 Å². The number of thiocarbonyl (C=S) groups is 1. The van der Waals surface area contributed by atoms with Crippen molar-refractivity contribution in [1.82, 2.24) is 0 Å². The van der Waals surface area contributed by atoms with E-state index >= 15 is 0 Å². The lowest BCUT2D eigenvalue weighted by atomic mass is 9.78. The number of phenols is 3. The van der Waals surface area contributed by atoms with Crippen molar-refractivity contribution in [1.29, 1.82) is 0 Å². The van der Waals surface area contributed by atoms with E-state index in [2.05, 4.69) is 132 Å². The van der Waals surface area contributed by atoms with E-state index in [1.807, 2.05) is 36.4 Å². The molecule has 0 aliphatic heterocycles. The van der Waals surface area contributed by atoms with E-state index in [0.717, 1.165) is 69.3 Å². The molecule has 3 aromatic carbocycles. The summed E-state index contributed by atoms with van der Waals surface area (Å²) in [5.74, 6) is -0.704. The lowest BCUT2D eigenvalue weighted by Crippen LogP contribution is -2.44. The van der Waals surface area contributed by atoms with E-state index in [0.29, 0.717) is 30.7 Å². The van der Waals surface area contributed by atoms with Crippen molar-refractivity contribution in [2.75, 3.05) is 26.4 Å². The van der Waals surface area contributed by atoms with Crippen molar-refractivity contribution in [3.05, 3.63) is 86.5 Å². The minimum Gasteiger partial charge on any atom is -0.507 e. The number of aromatic hydroxyl groups is 3. The Bertz CT molecular complexity index is 2520. The van der Waals surface area contributed by atoms with Crippen LogP contribution >= 0.6 is 12.2 Å². The first-order chi connectivity index (χ1) is 46.8. The van der Waals surface area contributed by atoms with Gasteiger partial charge in [-0.1, -0.05) is 354 Å². The molecule has 3 rings (SSSR count). The molecule has 0 unspecified atom stereocenters. The van der Waals surface area contributed by atoms with E-state index in [4.69, 9.17) is 31.2 Å². The number of rotatable bonds is 48. The fourth-order valence-electron chi connectivity index (χ4n) is 13.5. The number of aryl methyl sites for hydroxylation is 3. The fourth-order valence-corrected chi connectivity index (χ4v) is 13.7. The normalized spacial score (nSPS) is 12.7. The van der Waals surface area contributed by atoms with Crippen molar-refractivity contribution in [3.63, 3.8) is 0 Å². The van der Waals surface area contributed by atoms with Crippen LogP contribution in [0.1, 0.15) is 400 Å². The lowest BCUT2D eigenvalue weighted by Gasteiger charge is -2.32. The largest absolute Gasteiger partial charge is 0.507 e. The van der Waals surface area contributed by atoms with Gasteiger partial charge in [-0.15, -0.1) is 0 Å². The van der Waals surface area contributed by atoms with Crippen LogP contribution in [0.4, 0.5) is 0 Å². The van der Waals surface area contributed by atoms with Crippen LogP contribution in [0, 0.1) is 5.41 Å². The van der Waals surface area contributed by atoms with Gasteiger partial charge in [0.15, 0.2) is 5.05 Å². The summed E-state index contributed by atoms with van der Waals surface area (Å²) >= 11 is 5.91. The number of phenolic OH excluding ortho intramolecular Hbond substituents is 3. The molecule has 11 heteroatoms. The van der Waals surface area contributed by atoms with Crippen LogP contribution in [0.5, 0.6) is 17.2 Å². The first kappa shape index (κ1) is 89.6. The van der Waals surface area contributed by atoms with E-state index in [9.17, 15) is 29.7 Å². The molecule has 0 atom stereocenters. The third-order valence-corrected chi connectivity index (χ3v) is 20.4. The summed E-state index contributed by atoms with van der Waals surface area (Å²) in [5, 5.41) is 34.8. The molecule has 0 saturated carbocycles. The van der Waals surface area contributed by atoms with Crippen LogP contribution in [0.3, 0.4) is 0 Å². The molecule has 570 valence electrons. The molecule has 0 fully saturated rings. The number of hydrogen-bond acceptors (Lipinski definition) is 11. The molecular weight excluding hydrogens is 1260 g/mol. The highest BCUT2D eigenvalue weighted by molar-refractivity contribution is 7.80. The Kier molecular flexibility index (Phi) is 39.6. The molecule has 0 aliphatic carbocycles. The molecule has 0 aliphatic rings. The van der Waals surface area contributed by atoms with Crippen LogP contribution in [-0.2, 0) is 85.1 Å². The molecule has 0 radical (unpaired) electrons. The summed E-state index contributed by atoms with van der Waals surface area (Å²) in [5.41, 5.74) is 3.98. The summed E-state index contributed by atoms with van der Waals surface area (Å²) in [6.07, 6.45) is 42.1. The second-order valence-electron chi connectivity index (χ2n) is 36.3. The summed E-state index contributed by atoms with van der Waals surface area (Å²) < 4.78 is 25.0. The monoisotopic (exact) mass is 1410 g/mol. The van der Waals surface area contributed by atoms with Crippen molar-refractivity contribution >= 4 is 35.2 Å². The zero-order chi connectivity index (χ0) is 74.8. The van der Waals surface area contributed by atoms with Gasteiger partial charge >= 0.3 is 17.9 Å². The topological polar surface area (TPSA) is 149 Å². The van der Waals surface area contributed by atoms with Gasteiger partial charge in [0.25, 0.3) is 0 Å². The Balaban J connectivity index is 1.68. The molecule has 0 amide bonds. The van der Waals surface area contributed by atoms with Crippen LogP contribution in [0.25, 0.3) is 0 Å². The maximum Gasteiger partial charge on any atom is 0.306 e. The highest BCUT2D eigenvalue weighted by Crippen LogP contribution is 2.43. The second kappa shape index (κ2) is 44.2. The van der Waals surface area contributed by atoms with Crippen LogP contribution in [0.15, 0.2) is 36.4 Å². The van der Waals surface area contributed by atoms with Crippen molar-refractivity contribution in [2.24, 2.45) is 5.41 Å². The highest BCUT2D eigenvalue weighted by Gasteiger charge is 2.39. The Labute approximate surface area is 617 Å². The van der Waals surface area contributed by atoms with Crippen molar-refractivity contribution in [3.8, 4) is 17.2 Å². The maximum absolute atomic E-state index is 14.1. The minimum atomic E-state index is -1.36. The zero-order valence-electron chi connectivity index (χ0n) is 67.6. The third-order valence-electron chi connectivity index (χ3n) is 20.1.